The van der Waals surface area contributed by atoms with E-state index in [4.69, 9.17) is 5.73 Å². The Bertz CT molecular complexity index is 958. The predicted octanol–water partition coefficient (Wildman–Crippen LogP) is 1.97. The fourth-order valence-corrected chi connectivity index (χ4v) is 5.66. The Morgan fingerprint density at radius 3 is 2.58 bits per heavy atom. The van der Waals surface area contributed by atoms with Gasteiger partial charge in [0, 0.05) is 18.0 Å². The third-order valence-corrected chi connectivity index (χ3v) is 7.08. The van der Waals surface area contributed by atoms with Crippen molar-refractivity contribution < 1.29 is 13.2 Å². The number of amides is 1. The van der Waals surface area contributed by atoms with Gasteiger partial charge in [0.1, 0.15) is 6.54 Å². The summed E-state index contributed by atoms with van der Waals surface area (Å²) in [5.74, 6) is 0.117. The van der Waals surface area contributed by atoms with Crippen LogP contribution >= 0.6 is 12.4 Å². The molecule has 26 heavy (non-hydrogen) atoms. The van der Waals surface area contributed by atoms with Crippen LogP contribution in [0.5, 0.6) is 0 Å². The minimum Gasteiger partial charge on any atom is -0.338 e. The Hall–Kier alpha value is -1.83. The maximum atomic E-state index is 13.0. The molecular weight excluding hydrogens is 374 g/mol. The number of anilines is 1. The molecule has 0 radical (unpaired) electrons. The average molecular weight is 396 g/mol. The van der Waals surface area contributed by atoms with Crippen molar-refractivity contribution in [1.29, 1.82) is 0 Å². The molecule has 2 aliphatic rings. The lowest BCUT2D eigenvalue weighted by Gasteiger charge is -2.25. The summed E-state index contributed by atoms with van der Waals surface area (Å²) in [6.45, 7) is 2.96. The summed E-state index contributed by atoms with van der Waals surface area (Å²) in [7, 11) is -3.70. The monoisotopic (exact) mass is 395 g/mol. The molecule has 1 amide bonds. The van der Waals surface area contributed by atoms with Crippen molar-refractivity contribution in [3.8, 4) is 0 Å². The number of nitrogens with two attached hydrogens (primary N) is 1. The number of likely N-dealkylation sites (tertiary alicyclic amines) is 1. The van der Waals surface area contributed by atoms with Crippen molar-refractivity contribution >= 4 is 44.8 Å². The van der Waals surface area contributed by atoms with E-state index in [2.05, 4.69) is 0 Å². The van der Waals surface area contributed by atoms with Crippen LogP contribution in [0.2, 0.25) is 0 Å². The molecule has 0 spiro atoms. The summed E-state index contributed by atoms with van der Waals surface area (Å²) in [4.78, 5) is 14.9. The highest BCUT2D eigenvalue weighted by atomic mass is 35.5. The highest BCUT2D eigenvalue weighted by Gasteiger charge is 2.39. The van der Waals surface area contributed by atoms with Gasteiger partial charge in [0.2, 0.25) is 5.91 Å². The number of rotatable bonds is 3. The molecule has 0 aliphatic carbocycles. The molecule has 0 bridgehead atoms. The Morgan fingerprint density at radius 2 is 1.92 bits per heavy atom. The van der Waals surface area contributed by atoms with Crippen molar-refractivity contribution in [2.24, 2.45) is 11.7 Å². The minimum absolute atomic E-state index is 0. The SMILES string of the molecule is CC1CC(CN)CN1C(=O)CN1c2cccc3cccc(c23)S1(=O)=O.Cl. The van der Waals surface area contributed by atoms with E-state index in [-0.39, 0.29) is 41.7 Å². The average Bonchev–Trinajstić information content (AvgIpc) is 3.08. The Labute approximate surface area is 159 Å². The van der Waals surface area contributed by atoms with E-state index in [0.29, 0.717) is 24.2 Å². The molecule has 4 rings (SSSR count). The molecular formula is C18H22ClN3O3S. The summed E-state index contributed by atoms with van der Waals surface area (Å²) in [6, 6.07) is 10.8. The summed E-state index contributed by atoms with van der Waals surface area (Å²) in [5, 5.41) is 1.57. The number of nitrogens with zero attached hydrogens (tertiary/aromatic N) is 2. The molecule has 2 unspecified atom stereocenters. The molecule has 140 valence electrons. The van der Waals surface area contributed by atoms with Crippen LogP contribution in [-0.2, 0) is 14.8 Å². The van der Waals surface area contributed by atoms with Crippen LogP contribution in [0.3, 0.4) is 0 Å². The normalized spacial score (nSPS) is 23.3. The van der Waals surface area contributed by atoms with Gasteiger partial charge in [0.25, 0.3) is 10.0 Å². The van der Waals surface area contributed by atoms with Gasteiger partial charge < -0.3 is 10.6 Å². The van der Waals surface area contributed by atoms with Crippen LogP contribution in [0.25, 0.3) is 10.8 Å². The number of sulfonamides is 1. The molecule has 2 aromatic rings. The van der Waals surface area contributed by atoms with Gasteiger partial charge in [-0.15, -0.1) is 12.4 Å². The van der Waals surface area contributed by atoms with Gasteiger partial charge in [-0.05, 0) is 43.3 Å². The first kappa shape index (κ1) is 18.9. The number of carbonyl (C=O) groups is 1. The smallest absolute Gasteiger partial charge is 0.265 e. The fraction of sp³-hybridized carbons (Fsp3) is 0.389. The second-order valence-electron chi connectivity index (χ2n) is 6.88. The third-order valence-electron chi connectivity index (χ3n) is 5.28. The Kier molecular flexibility index (Phi) is 4.90. The maximum Gasteiger partial charge on any atom is 0.265 e. The summed E-state index contributed by atoms with van der Waals surface area (Å²) < 4.78 is 27.2. The highest BCUT2D eigenvalue weighted by molar-refractivity contribution is 7.93. The largest absolute Gasteiger partial charge is 0.338 e. The topological polar surface area (TPSA) is 83.7 Å². The Morgan fingerprint density at radius 1 is 1.23 bits per heavy atom. The van der Waals surface area contributed by atoms with Crippen molar-refractivity contribution in [1.82, 2.24) is 4.90 Å². The molecule has 2 aliphatic heterocycles. The number of hydrogen-bond donors (Lipinski definition) is 1. The van der Waals surface area contributed by atoms with E-state index in [0.717, 1.165) is 11.8 Å². The van der Waals surface area contributed by atoms with Crippen LogP contribution < -0.4 is 10.0 Å². The van der Waals surface area contributed by atoms with Gasteiger partial charge in [-0.3, -0.25) is 9.10 Å². The molecule has 2 N–H and O–H groups in total. The van der Waals surface area contributed by atoms with Gasteiger partial charge >= 0.3 is 0 Å². The first-order valence-electron chi connectivity index (χ1n) is 8.47. The lowest BCUT2D eigenvalue weighted by Crippen LogP contribution is -2.43. The molecule has 2 aromatic carbocycles. The predicted molar refractivity (Wildman–Crippen MR) is 104 cm³/mol. The molecule has 0 aromatic heterocycles. The van der Waals surface area contributed by atoms with Crippen LogP contribution in [0.15, 0.2) is 41.3 Å². The summed E-state index contributed by atoms with van der Waals surface area (Å²) in [5.41, 5.74) is 6.32. The first-order valence-corrected chi connectivity index (χ1v) is 9.91. The van der Waals surface area contributed by atoms with Gasteiger partial charge in [0.15, 0.2) is 0 Å². The number of benzene rings is 2. The summed E-state index contributed by atoms with van der Waals surface area (Å²) in [6.07, 6.45) is 0.866. The Balaban J connectivity index is 0.00000196. The van der Waals surface area contributed by atoms with Gasteiger partial charge in [-0.1, -0.05) is 24.3 Å². The first-order chi connectivity index (χ1) is 11.9. The second-order valence-corrected chi connectivity index (χ2v) is 8.71. The molecule has 8 heteroatoms. The molecule has 6 nitrogen and oxygen atoms in total. The zero-order chi connectivity index (χ0) is 17.8. The van der Waals surface area contributed by atoms with Crippen molar-refractivity contribution in [3.05, 3.63) is 36.4 Å². The standard InChI is InChI=1S/C18H21N3O3S.ClH/c1-12-8-13(9-19)10-20(12)17(22)11-21-15-6-2-4-14-5-3-7-16(18(14)15)25(21,23)24;/h2-7,12-13H,8-11,19H2,1H3;1H. The molecule has 2 atom stereocenters. The van der Waals surface area contributed by atoms with E-state index in [1.807, 2.05) is 25.1 Å². The van der Waals surface area contributed by atoms with E-state index < -0.39 is 10.0 Å². The zero-order valence-electron chi connectivity index (χ0n) is 14.5. The van der Waals surface area contributed by atoms with Gasteiger partial charge in [-0.2, -0.15) is 0 Å². The van der Waals surface area contributed by atoms with Crippen LogP contribution in [0.4, 0.5) is 5.69 Å². The molecule has 1 saturated heterocycles. The lowest BCUT2D eigenvalue weighted by atomic mass is 10.1. The zero-order valence-corrected chi connectivity index (χ0v) is 16.1. The van der Waals surface area contributed by atoms with Crippen LogP contribution in [0, 0.1) is 5.92 Å². The lowest BCUT2D eigenvalue weighted by molar-refractivity contribution is -0.130. The van der Waals surface area contributed by atoms with E-state index >= 15 is 0 Å². The van der Waals surface area contributed by atoms with E-state index in [1.165, 1.54) is 4.31 Å². The molecule has 0 saturated carbocycles. The highest BCUT2D eigenvalue weighted by Crippen LogP contribution is 2.42. The third kappa shape index (κ3) is 2.74. The van der Waals surface area contributed by atoms with E-state index in [9.17, 15) is 13.2 Å². The second kappa shape index (κ2) is 6.72. The van der Waals surface area contributed by atoms with Gasteiger partial charge in [0.05, 0.1) is 10.6 Å². The number of carbonyl (C=O) groups excluding carboxylic acids is 1. The fourth-order valence-electron chi connectivity index (χ4n) is 4.00. The van der Waals surface area contributed by atoms with Gasteiger partial charge in [-0.25, -0.2) is 8.42 Å². The minimum atomic E-state index is -3.70. The van der Waals surface area contributed by atoms with Crippen molar-refractivity contribution in [2.75, 3.05) is 23.9 Å². The molecule has 2 heterocycles. The number of halogens is 1. The van der Waals surface area contributed by atoms with Crippen molar-refractivity contribution in [2.45, 2.75) is 24.3 Å². The number of hydrogen-bond acceptors (Lipinski definition) is 4. The van der Waals surface area contributed by atoms with Crippen LogP contribution in [-0.4, -0.2) is 44.9 Å². The maximum absolute atomic E-state index is 13.0. The quantitative estimate of drug-likeness (QED) is 0.861. The summed E-state index contributed by atoms with van der Waals surface area (Å²) >= 11 is 0. The molecule has 1 fully saturated rings. The van der Waals surface area contributed by atoms with Crippen LogP contribution in [0.1, 0.15) is 13.3 Å². The van der Waals surface area contributed by atoms with E-state index in [1.54, 1.807) is 23.1 Å². The van der Waals surface area contributed by atoms with Crippen molar-refractivity contribution in [3.63, 3.8) is 0 Å².